The largest absolute Gasteiger partial charge is 0.504 e. The lowest BCUT2D eigenvalue weighted by molar-refractivity contribution is 0.114. The highest BCUT2D eigenvalue weighted by Crippen LogP contribution is 2.33. The second-order valence-electron chi connectivity index (χ2n) is 4.59. The Bertz CT molecular complexity index is 524. The van der Waals surface area contributed by atoms with Crippen molar-refractivity contribution in [2.75, 3.05) is 13.2 Å². The molecule has 0 unspecified atom stereocenters. The molecule has 0 aliphatic carbocycles. The molecular weight excluding hydrogens is 314 g/mol. The Morgan fingerprint density at radius 3 is 3.00 bits per heavy atom. The number of phenolic OH excluding ortho intramolecular Hbond substituents is 2. The topological polar surface area (TPSA) is 86.1 Å². The summed E-state index contributed by atoms with van der Waals surface area (Å²) >= 11 is 10.8. The fourth-order valence-corrected chi connectivity index (χ4v) is 2.26. The molecule has 2 rings (SSSR count). The van der Waals surface area contributed by atoms with Gasteiger partial charge in [0.1, 0.15) is 0 Å². The third-order valence-electron chi connectivity index (χ3n) is 2.96. The number of hydrogen-bond acceptors (Lipinski definition) is 5. The summed E-state index contributed by atoms with van der Waals surface area (Å²) in [6, 6.07) is 2.82. The molecule has 21 heavy (non-hydrogen) atoms. The molecule has 1 aromatic rings. The molecule has 8 heteroatoms. The minimum Gasteiger partial charge on any atom is -0.504 e. The number of thiocarbonyl (C=S) groups is 1. The zero-order valence-electron chi connectivity index (χ0n) is 11.2. The van der Waals surface area contributed by atoms with Crippen LogP contribution in [0.2, 0.25) is 5.02 Å². The number of benzene rings is 1. The standard InChI is InChI=1S/C13H16ClN3O3S/c14-10-4-8(5-11(18)12(10)19)6-16-17-13(21)15-7-9-2-1-3-20-9/h4-6,9,18-19H,1-3,7H2,(H2,15,17,21)/b16-6+/t9-/m1/s1. The van der Waals surface area contributed by atoms with Crippen LogP contribution in [0.5, 0.6) is 11.5 Å². The van der Waals surface area contributed by atoms with Gasteiger partial charge in [0.05, 0.1) is 17.3 Å². The fraction of sp³-hybridized carbons (Fsp3) is 0.385. The number of aromatic hydroxyl groups is 2. The molecule has 0 aromatic heterocycles. The summed E-state index contributed by atoms with van der Waals surface area (Å²) in [4.78, 5) is 0. The van der Waals surface area contributed by atoms with Gasteiger partial charge in [-0.3, -0.25) is 5.43 Å². The van der Waals surface area contributed by atoms with Crippen molar-refractivity contribution in [2.45, 2.75) is 18.9 Å². The SMILES string of the molecule is Oc1cc(/C=N/NC(=S)NC[C@H]2CCCO2)cc(Cl)c1O. The van der Waals surface area contributed by atoms with E-state index in [1.54, 1.807) is 0 Å². The number of hydrazone groups is 1. The van der Waals surface area contributed by atoms with Gasteiger partial charge in [-0.2, -0.15) is 5.10 Å². The van der Waals surface area contributed by atoms with Crippen LogP contribution in [0.25, 0.3) is 0 Å². The minimum absolute atomic E-state index is 0.0514. The molecule has 1 saturated heterocycles. The third kappa shape index (κ3) is 4.73. The van der Waals surface area contributed by atoms with Gasteiger partial charge in [-0.25, -0.2) is 0 Å². The number of rotatable bonds is 4. The summed E-state index contributed by atoms with van der Waals surface area (Å²) in [7, 11) is 0. The first-order valence-electron chi connectivity index (χ1n) is 6.46. The van der Waals surface area contributed by atoms with Crippen LogP contribution in [0.15, 0.2) is 17.2 Å². The van der Waals surface area contributed by atoms with E-state index >= 15 is 0 Å². The smallest absolute Gasteiger partial charge is 0.187 e. The molecule has 1 fully saturated rings. The van der Waals surface area contributed by atoms with E-state index in [2.05, 4.69) is 15.8 Å². The van der Waals surface area contributed by atoms with Crippen molar-refractivity contribution in [2.24, 2.45) is 5.10 Å². The lowest BCUT2D eigenvalue weighted by atomic mass is 10.2. The van der Waals surface area contributed by atoms with E-state index < -0.39 is 0 Å². The summed E-state index contributed by atoms with van der Waals surface area (Å²) in [6.45, 7) is 1.45. The van der Waals surface area contributed by atoms with Gasteiger partial charge in [-0.05, 0) is 42.8 Å². The molecule has 1 aromatic carbocycles. The summed E-state index contributed by atoms with van der Waals surface area (Å²) in [5.74, 6) is -0.654. The van der Waals surface area contributed by atoms with Crippen LogP contribution in [0.4, 0.5) is 0 Å². The molecule has 0 saturated carbocycles. The van der Waals surface area contributed by atoms with E-state index in [9.17, 15) is 10.2 Å². The molecule has 1 heterocycles. The van der Waals surface area contributed by atoms with Crippen LogP contribution in [0.1, 0.15) is 18.4 Å². The first kappa shape index (κ1) is 15.8. The Hall–Kier alpha value is -1.57. The summed E-state index contributed by atoms with van der Waals surface area (Å²) in [5.41, 5.74) is 3.19. The lowest BCUT2D eigenvalue weighted by Gasteiger charge is -2.11. The molecule has 0 bridgehead atoms. The summed E-state index contributed by atoms with van der Waals surface area (Å²) < 4.78 is 5.46. The number of nitrogens with zero attached hydrogens (tertiary/aromatic N) is 1. The van der Waals surface area contributed by atoms with Crippen LogP contribution in [-0.2, 0) is 4.74 Å². The van der Waals surface area contributed by atoms with E-state index in [1.807, 2.05) is 0 Å². The van der Waals surface area contributed by atoms with Gasteiger partial charge in [0, 0.05) is 13.2 Å². The van der Waals surface area contributed by atoms with Gasteiger partial charge in [-0.15, -0.1) is 0 Å². The van der Waals surface area contributed by atoms with E-state index in [0.29, 0.717) is 17.2 Å². The molecule has 0 radical (unpaired) electrons. The maximum Gasteiger partial charge on any atom is 0.187 e. The highest BCUT2D eigenvalue weighted by molar-refractivity contribution is 7.80. The first-order valence-corrected chi connectivity index (χ1v) is 7.25. The van der Waals surface area contributed by atoms with Crippen molar-refractivity contribution in [1.29, 1.82) is 0 Å². The molecule has 1 atom stereocenters. The maximum atomic E-state index is 9.43. The molecule has 114 valence electrons. The Kier molecular flexibility index (Phi) is 5.60. The van der Waals surface area contributed by atoms with Crippen molar-refractivity contribution >= 4 is 35.1 Å². The molecular formula is C13H16ClN3O3S. The second kappa shape index (κ2) is 7.44. The minimum atomic E-state index is -0.351. The highest BCUT2D eigenvalue weighted by Gasteiger charge is 2.15. The molecule has 4 N–H and O–H groups in total. The quantitative estimate of drug-likeness (QED) is 0.291. The van der Waals surface area contributed by atoms with Gasteiger partial charge in [0.15, 0.2) is 16.6 Å². The van der Waals surface area contributed by atoms with Crippen molar-refractivity contribution in [3.63, 3.8) is 0 Å². The predicted octanol–water partition coefficient (Wildman–Crippen LogP) is 1.73. The van der Waals surface area contributed by atoms with Crippen molar-refractivity contribution in [3.8, 4) is 11.5 Å². The van der Waals surface area contributed by atoms with E-state index in [4.69, 9.17) is 28.6 Å². The van der Waals surface area contributed by atoms with Gasteiger partial charge in [0.2, 0.25) is 0 Å². The number of nitrogens with one attached hydrogen (secondary N) is 2. The second-order valence-corrected chi connectivity index (χ2v) is 5.40. The van der Waals surface area contributed by atoms with Gasteiger partial charge in [-0.1, -0.05) is 11.6 Å². The first-order chi connectivity index (χ1) is 10.1. The van der Waals surface area contributed by atoms with Gasteiger partial charge in [0.25, 0.3) is 0 Å². The van der Waals surface area contributed by atoms with E-state index in [0.717, 1.165) is 19.4 Å². The lowest BCUT2D eigenvalue weighted by Crippen LogP contribution is -2.37. The molecule has 1 aliphatic rings. The Morgan fingerprint density at radius 2 is 2.33 bits per heavy atom. The van der Waals surface area contributed by atoms with Crippen LogP contribution in [0.3, 0.4) is 0 Å². The molecule has 1 aliphatic heterocycles. The Labute approximate surface area is 132 Å². The summed E-state index contributed by atoms with van der Waals surface area (Å²) in [5, 5.41) is 26.1. The predicted molar refractivity (Wildman–Crippen MR) is 85.1 cm³/mol. The van der Waals surface area contributed by atoms with Crippen LogP contribution in [0, 0.1) is 0 Å². The van der Waals surface area contributed by atoms with Crippen molar-refractivity contribution in [1.82, 2.24) is 10.7 Å². The average Bonchev–Trinajstić information content (AvgIpc) is 2.96. The van der Waals surface area contributed by atoms with Crippen LogP contribution in [-0.4, -0.2) is 40.8 Å². The number of hydrogen-bond donors (Lipinski definition) is 4. The van der Waals surface area contributed by atoms with Crippen LogP contribution < -0.4 is 10.7 Å². The highest BCUT2D eigenvalue weighted by atomic mass is 35.5. The Balaban J connectivity index is 1.80. The zero-order chi connectivity index (χ0) is 15.2. The number of phenols is 2. The molecule has 0 spiro atoms. The maximum absolute atomic E-state index is 9.43. The number of ether oxygens (including phenoxy) is 1. The average molecular weight is 330 g/mol. The fourth-order valence-electron chi connectivity index (χ4n) is 1.90. The number of halogens is 1. The van der Waals surface area contributed by atoms with Crippen LogP contribution >= 0.6 is 23.8 Å². The zero-order valence-corrected chi connectivity index (χ0v) is 12.7. The molecule has 6 nitrogen and oxygen atoms in total. The van der Waals surface area contributed by atoms with E-state index in [-0.39, 0.29) is 22.6 Å². The summed E-state index contributed by atoms with van der Waals surface area (Å²) in [6.07, 6.45) is 3.74. The monoisotopic (exact) mass is 329 g/mol. The van der Waals surface area contributed by atoms with Crippen molar-refractivity contribution < 1.29 is 14.9 Å². The van der Waals surface area contributed by atoms with Crippen molar-refractivity contribution in [3.05, 3.63) is 22.7 Å². The van der Waals surface area contributed by atoms with E-state index in [1.165, 1.54) is 18.3 Å². The third-order valence-corrected chi connectivity index (χ3v) is 3.48. The Morgan fingerprint density at radius 1 is 1.52 bits per heavy atom. The normalized spacial score (nSPS) is 18.0. The van der Waals surface area contributed by atoms with Gasteiger partial charge < -0.3 is 20.3 Å². The van der Waals surface area contributed by atoms with Gasteiger partial charge >= 0.3 is 0 Å². The molecule has 0 amide bonds.